The minimum absolute atomic E-state index is 0.188. The number of methoxy groups -OCH3 is 2. The molecule has 2 heterocycles. The van der Waals surface area contributed by atoms with Crippen molar-refractivity contribution >= 4 is 10.2 Å². The predicted molar refractivity (Wildman–Crippen MR) is 89.6 cm³/mol. The van der Waals surface area contributed by atoms with E-state index in [0.717, 1.165) is 38.8 Å². The maximum atomic E-state index is 12.8. The minimum Gasteiger partial charge on any atom is -0.383 e. The van der Waals surface area contributed by atoms with E-state index < -0.39 is 10.2 Å². The third kappa shape index (κ3) is 5.11. The lowest BCUT2D eigenvalue weighted by Gasteiger charge is -2.39. The normalized spacial score (nSPS) is 23.3. The standard InChI is InChI=1S/C15H31N3O4S/c1-21-13-15(14-22-2)16-9-11-18(12-10-16)23(19,20)17-7-5-3-4-6-8-17/h15H,3-14H2,1-2H3. The van der Waals surface area contributed by atoms with Crippen molar-refractivity contribution in [2.24, 2.45) is 0 Å². The van der Waals surface area contributed by atoms with Crippen molar-refractivity contribution in [2.45, 2.75) is 31.7 Å². The van der Waals surface area contributed by atoms with Gasteiger partial charge in [-0.3, -0.25) is 4.90 Å². The summed E-state index contributed by atoms with van der Waals surface area (Å²) in [6, 6.07) is 0.188. The first-order valence-corrected chi connectivity index (χ1v) is 9.96. The molecule has 0 aromatic carbocycles. The van der Waals surface area contributed by atoms with Crippen LogP contribution >= 0.6 is 0 Å². The van der Waals surface area contributed by atoms with E-state index in [1.807, 2.05) is 0 Å². The van der Waals surface area contributed by atoms with Crippen LogP contribution in [0, 0.1) is 0 Å². The molecule has 2 aliphatic heterocycles. The van der Waals surface area contributed by atoms with Gasteiger partial charge >= 0.3 is 0 Å². The molecule has 136 valence electrons. The molecule has 7 nitrogen and oxygen atoms in total. The zero-order chi connectivity index (χ0) is 16.7. The summed E-state index contributed by atoms with van der Waals surface area (Å²) >= 11 is 0. The molecule has 2 aliphatic rings. The molecule has 0 saturated carbocycles. The highest BCUT2D eigenvalue weighted by Gasteiger charge is 2.34. The molecule has 0 bridgehead atoms. The molecule has 0 aromatic rings. The van der Waals surface area contributed by atoms with E-state index in [0.29, 0.717) is 39.4 Å². The molecule has 0 unspecified atom stereocenters. The average Bonchev–Trinajstić information content (AvgIpc) is 2.84. The third-order valence-corrected chi connectivity index (χ3v) is 6.76. The van der Waals surface area contributed by atoms with Crippen LogP contribution in [0.25, 0.3) is 0 Å². The van der Waals surface area contributed by atoms with Gasteiger partial charge in [-0.05, 0) is 12.8 Å². The quantitative estimate of drug-likeness (QED) is 0.665. The van der Waals surface area contributed by atoms with E-state index in [-0.39, 0.29) is 6.04 Å². The molecule has 2 rings (SSSR count). The minimum atomic E-state index is -3.30. The summed E-state index contributed by atoms with van der Waals surface area (Å²) in [7, 11) is 0.0619. The first-order chi connectivity index (χ1) is 11.1. The molecule has 0 spiro atoms. The molecular weight excluding hydrogens is 318 g/mol. The summed E-state index contributed by atoms with van der Waals surface area (Å²) in [5.41, 5.74) is 0. The van der Waals surface area contributed by atoms with Gasteiger partial charge < -0.3 is 9.47 Å². The van der Waals surface area contributed by atoms with E-state index in [1.54, 1.807) is 22.8 Å². The van der Waals surface area contributed by atoms with E-state index >= 15 is 0 Å². The largest absolute Gasteiger partial charge is 0.383 e. The topological polar surface area (TPSA) is 62.3 Å². The Labute approximate surface area is 140 Å². The summed E-state index contributed by atoms with van der Waals surface area (Å²) in [4.78, 5) is 2.27. The Morgan fingerprint density at radius 3 is 1.74 bits per heavy atom. The van der Waals surface area contributed by atoms with Gasteiger partial charge in [-0.1, -0.05) is 12.8 Å². The lowest BCUT2D eigenvalue weighted by molar-refractivity contribution is 0.0210. The lowest BCUT2D eigenvalue weighted by Crippen LogP contribution is -2.56. The van der Waals surface area contributed by atoms with Crippen molar-refractivity contribution in [3.63, 3.8) is 0 Å². The van der Waals surface area contributed by atoms with Gasteiger partial charge in [0, 0.05) is 53.5 Å². The van der Waals surface area contributed by atoms with Crippen LogP contribution in [0.3, 0.4) is 0 Å². The van der Waals surface area contributed by atoms with Gasteiger partial charge in [0.25, 0.3) is 10.2 Å². The number of ether oxygens (including phenoxy) is 2. The fourth-order valence-electron chi connectivity index (χ4n) is 3.38. The van der Waals surface area contributed by atoms with Crippen molar-refractivity contribution in [3.8, 4) is 0 Å². The van der Waals surface area contributed by atoms with Gasteiger partial charge in [0.2, 0.25) is 0 Å². The van der Waals surface area contributed by atoms with Crippen molar-refractivity contribution in [1.29, 1.82) is 0 Å². The van der Waals surface area contributed by atoms with Gasteiger partial charge in [0.1, 0.15) is 0 Å². The Morgan fingerprint density at radius 1 is 0.783 bits per heavy atom. The van der Waals surface area contributed by atoms with Crippen molar-refractivity contribution < 1.29 is 17.9 Å². The number of piperazine rings is 1. The van der Waals surface area contributed by atoms with Crippen LogP contribution in [0.15, 0.2) is 0 Å². The maximum absolute atomic E-state index is 12.8. The second kappa shape index (κ2) is 9.29. The molecule has 8 heteroatoms. The van der Waals surface area contributed by atoms with Crippen LogP contribution < -0.4 is 0 Å². The number of rotatable bonds is 7. The van der Waals surface area contributed by atoms with E-state index in [2.05, 4.69) is 4.90 Å². The molecule has 0 aromatic heterocycles. The average molecular weight is 349 g/mol. The van der Waals surface area contributed by atoms with Crippen molar-refractivity contribution in [3.05, 3.63) is 0 Å². The molecule has 0 N–H and O–H groups in total. The molecule has 0 radical (unpaired) electrons. The van der Waals surface area contributed by atoms with Crippen LogP contribution in [0.1, 0.15) is 25.7 Å². The third-order valence-electron chi connectivity index (χ3n) is 4.73. The van der Waals surface area contributed by atoms with Gasteiger partial charge in [0.05, 0.1) is 19.3 Å². The highest BCUT2D eigenvalue weighted by atomic mass is 32.2. The lowest BCUT2D eigenvalue weighted by atomic mass is 10.2. The summed E-state index contributed by atoms with van der Waals surface area (Å²) in [5, 5.41) is 0. The summed E-state index contributed by atoms with van der Waals surface area (Å²) < 4.78 is 39.4. The molecule has 0 amide bonds. The molecule has 2 fully saturated rings. The van der Waals surface area contributed by atoms with Crippen molar-refractivity contribution in [1.82, 2.24) is 13.5 Å². The van der Waals surface area contributed by atoms with Crippen LogP contribution in [0.4, 0.5) is 0 Å². The zero-order valence-corrected chi connectivity index (χ0v) is 15.3. The van der Waals surface area contributed by atoms with Gasteiger partial charge in [-0.25, -0.2) is 0 Å². The molecule has 0 atom stereocenters. The van der Waals surface area contributed by atoms with Crippen LogP contribution in [0.2, 0.25) is 0 Å². The fraction of sp³-hybridized carbons (Fsp3) is 1.00. The van der Waals surface area contributed by atoms with E-state index in [9.17, 15) is 8.42 Å². The smallest absolute Gasteiger partial charge is 0.282 e. The fourth-order valence-corrected chi connectivity index (χ4v) is 5.05. The van der Waals surface area contributed by atoms with Gasteiger partial charge in [-0.15, -0.1) is 0 Å². The summed E-state index contributed by atoms with van der Waals surface area (Å²) in [5.74, 6) is 0. The Balaban J connectivity index is 1.91. The molecule has 2 saturated heterocycles. The van der Waals surface area contributed by atoms with Gasteiger partial charge in [-0.2, -0.15) is 17.0 Å². The number of nitrogens with zero attached hydrogens (tertiary/aromatic N) is 3. The first-order valence-electron chi connectivity index (χ1n) is 8.56. The highest BCUT2D eigenvalue weighted by molar-refractivity contribution is 7.86. The Hall–Kier alpha value is -0.250. The van der Waals surface area contributed by atoms with E-state index in [4.69, 9.17) is 9.47 Å². The number of hydrogen-bond donors (Lipinski definition) is 0. The summed E-state index contributed by atoms with van der Waals surface area (Å²) in [6.45, 7) is 5.08. The summed E-state index contributed by atoms with van der Waals surface area (Å²) in [6.07, 6.45) is 4.22. The monoisotopic (exact) mass is 349 g/mol. The predicted octanol–water partition coefficient (Wildman–Crippen LogP) is 0.386. The zero-order valence-electron chi connectivity index (χ0n) is 14.4. The maximum Gasteiger partial charge on any atom is 0.282 e. The Morgan fingerprint density at radius 2 is 1.26 bits per heavy atom. The highest BCUT2D eigenvalue weighted by Crippen LogP contribution is 2.18. The molecular formula is C15H31N3O4S. The van der Waals surface area contributed by atoms with E-state index in [1.165, 1.54) is 0 Å². The SMILES string of the molecule is COCC(COC)N1CCN(S(=O)(=O)N2CCCCCC2)CC1. The Bertz CT molecular complexity index is 424. The molecule has 0 aliphatic carbocycles. The Kier molecular flexibility index (Phi) is 7.71. The first kappa shape index (κ1) is 19.1. The van der Waals surface area contributed by atoms with Crippen LogP contribution in [0.5, 0.6) is 0 Å². The second-order valence-electron chi connectivity index (χ2n) is 6.32. The van der Waals surface area contributed by atoms with Gasteiger partial charge in [0.15, 0.2) is 0 Å². The van der Waals surface area contributed by atoms with Crippen molar-refractivity contribution in [2.75, 3.05) is 66.7 Å². The van der Waals surface area contributed by atoms with Crippen LogP contribution in [-0.2, 0) is 19.7 Å². The second-order valence-corrected chi connectivity index (χ2v) is 8.25. The van der Waals surface area contributed by atoms with Crippen LogP contribution in [-0.4, -0.2) is 94.7 Å². The molecule has 23 heavy (non-hydrogen) atoms. The number of hydrogen-bond acceptors (Lipinski definition) is 5.